The lowest BCUT2D eigenvalue weighted by atomic mass is 9.97. The highest BCUT2D eigenvalue weighted by atomic mass is 16.7. The number of carbonyl (C=O) groups is 2. The van der Waals surface area contributed by atoms with E-state index >= 15 is 0 Å². The Kier molecular flexibility index (Phi) is 6.40. The molecule has 0 aliphatic heterocycles. The Morgan fingerprint density at radius 1 is 1.00 bits per heavy atom. The molecule has 0 aromatic heterocycles. The quantitative estimate of drug-likeness (QED) is 0.595. The third kappa shape index (κ3) is 5.98. The monoisotopic (exact) mass is 292 g/mol. The average molecular weight is 292 g/mol. The summed E-state index contributed by atoms with van der Waals surface area (Å²) in [5.41, 5.74) is 2.14. The van der Waals surface area contributed by atoms with Gasteiger partial charge in [-0.15, -0.1) is 0 Å². The Balaban J connectivity index is 2.63. The van der Waals surface area contributed by atoms with Crippen LogP contribution in [0.4, 0.5) is 0 Å². The predicted molar refractivity (Wildman–Crippen MR) is 80.7 cm³/mol. The second-order valence-electron chi connectivity index (χ2n) is 5.68. The van der Waals surface area contributed by atoms with Crippen LogP contribution < -0.4 is 0 Å². The van der Waals surface area contributed by atoms with Gasteiger partial charge in [0.2, 0.25) is 6.29 Å². The molecule has 0 saturated carbocycles. The molecule has 0 saturated heterocycles. The van der Waals surface area contributed by atoms with Gasteiger partial charge in [-0.2, -0.15) is 0 Å². The fraction of sp³-hybridized carbons (Fsp3) is 0.529. The zero-order chi connectivity index (χ0) is 16.0. The summed E-state index contributed by atoms with van der Waals surface area (Å²) in [6.07, 6.45) is 0.153. The molecule has 1 aromatic carbocycles. The van der Waals surface area contributed by atoms with E-state index in [1.807, 2.05) is 24.3 Å². The molecule has 4 heteroatoms. The Labute approximate surface area is 126 Å². The van der Waals surface area contributed by atoms with E-state index in [9.17, 15) is 9.59 Å². The average Bonchev–Trinajstić information content (AvgIpc) is 2.36. The third-order valence-electron chi connectivity index (χ3n) is 3.09. The number of esters is 2. The molecule has 1 rings (SSSR count). The summed E-state index contributed by atoms with van der Waals surface area (Å²) in [7, 11) is 0. The van der Waals surface area contributed by atoms with Gasteiger partial charge >= 0.3 is 11.9 Å². The molecule has 0 spiro atoms. The highest BCUT2D eigenvalue weighted by Gasteiger charge is 2.20. The minimum absolute atomic E-state index is 0.392. The second kappa shape index (κ2) is 7.81. The van der Waals surface area contributed by atoms with E-state index in [4.69, 9.17) is 9.47 Å². The van der Waals surface area contributed by atoms with Crippen molar-refractivity contribution in [2.45, 2.75) is 53.2 Å². The summed E-state index contributed by atoms with van der Waals surface area (Å²) in [6, 6.07) is 7.96. The van der Waals surface area contributed by atoms with Crippen molar-refractivity contribution < 1.29 is 19.1 Å². The summed E-state index contributed by atoms with van der Waals surface area (Å²) < 4.78 is 9.88. The van der Waals surface area contributed by atoms with Crippen LogP contribution in [0.25, 0.3) is 0 Å². The smallest absolute Gasteiger partial charge is 0.316 e. The van der Waals surface area contributed by atoms with Gasteiger partial charge in [0, 0.05) is 13.8 Å². The van der Waals surface area contributed by atoms with E-state index in [1.54, 1.807) is 6.92 Å². The Bertz CT molecular complexity index is 476. The Morgan fingerprint density at radius 3 is 2.05 bits per heavy atom. The highest BCUT2D eigenvalue weighted by Crippen LogP contribution is 2.19. The summed E-state index contributed by atoms with van der Waals surface area (Å²) in [5, 5.41) is 0. The van der Waals surface area contributed by atoms with Crippen LogP contribution in [0.3, 0.4) is 0 Å². The van der Waals surface area contributed by atoms with E-state index in [1.165, 1.54) is 19.4 Å². The maximum absolute atomic E-state index is 12.0. The zero-order valence-corrected chi connectivity index (χ0v) is 13.4. The molecular formula is C17H24O4. The van der Waals surface area contributed by atoms with Crippen molar-refractivity contribution in [3.05, 3.63) is 35.4 Å². The van der Waals surface area contributed by atoms with Crippen molar-refractivity contribution in [3.63, 3.8) is 0 Å². The minimum atomic E-state index is -0.863. The molecule has 0 bridgehead atoms. The van der Waals surface area contributed by atoms with E-state index < -0.39 is 24.1 Å². The van der Waals surface area contributed by atoms with Crippen LogP contribution in [0, 0.1) is 5.92 Å². The van der Waals surface area contributed by atoms with Gasteiger partial charge < -0.3 is 9.47 Å². The highest BCUT2D eigenvalue weighted by molar-refractivity contribution is 5.78. The van der Waals surface area contributed by atoms with E-state index in [0.29, 0.717) is 5.92 Å². The van der Waals surface area contributed by atoms with Gasteiger partial charge in [0.1, 0.15) is 0 Å². The summed E-state index contributed by atoms with van der Waals surface area (Å²) >= 11 is 0. The standard InChI is InChI=1S/C17H24O4/c1-11(2)10-15-6-8-16(9-7-15)12(3)17(19)21-14(5)20-13(4)18/h6-9,11-12,14H,10H2,1-5H3/t12?,14-/m0/s1. The van der Waals surface area contributed by atoms with Crippen LogP contribution in [0.15, 0.2) is 24.3 Å². The number of hydrogen-bond acceptors (Lipinski definition) is 4. The maximum Gasteiger partial charge on any atom is 0.316 e. The maximum atomic E-state index is 12.0. The lowest BCUT2D eigenvalue weighted by Gasteiger charge is -2.17. The van der Waals surface area contributed by atoms with Crippen LogP contribution in [-0.4, -0.2) is 18.2 Å². The molecule has 0 heterocycles. The van der Waals surface area contributed by atoms with Crippen molar-refractivity contribution in [3.8, 4) is 0 Å². The van der Waals surface area contributed by atoms with Gasteiger partial charge in [-0.25, -0.2) is 0 Å². The molecular weight excluding hydrogens is 268 g/mol. The van der Waals surface area contributed by atoms with Crippen molar-refractivity contribution in [1.82, 2.24) is 0 Å². The largest absolute Gasteiger partial charge is 0.426 e. The zero-order valence-electron chi connectivity index (χ0n) is 13.4. The molecule has 4 nitrogen and oxygen atoms in total. The van der Waals surface area contributed by atoms with E-state index in [0.717, 1.165) is 12.0 Å². The fourth-order valence-corrected chi connectivity index (χ4v) is 2.07. The second-order valence-corrected chi connectivity index (χ2v) is 5.68. The van der Waals surface area contributed by atoms with Gasteiger partial charge in [0.15, 0.2) is 0 Å². The summed E-state index contributed by atoms with van der Waals surface area (Å²) in [4.78, 5) is 22.8. The lowest BCUT2D eigenvalue weighted by molar-refractivity contribution is -0.183. The van der Waals surface area contributed by atoms with Crippen molar-refractivity contribution in [2.75, 3.05) is 0 Å². The minimum Gasteiger partial charge on any atom is -0.426 e. The number of rotatable bonds is 6. The molecule has 0 N–H and O–H groups in total. The molecule has 116 valence electrons. The van der Waals surface area contributed by atoms with E-state index in [-0.39, 0.29) is 0 Å². The van der Waals surface area contributed by atoms with Crippen LogP contribution in [0.2, 0.25) is 0 Å². The molecule has 0 fully saturated rings. The third-order valence-corrected chi connectivity index (χ3v) is 3.09. The topological polar surface area (TPSA) is 52.6 Å². The van der Waals surface area contributed by atoms with Crippen LogP contribution in [-0.2, 0) is 25.5 Å². The van der Waals surface area contributed by atoms with Gasteiger partial charge in [-0.05, 0) is 30.4 Å². The van der Waals surface area contributed by atoms with Gasteiger partial charge in [0.25, 0.3) is 0 Å². The lowest BCUT2D eigenvalue weighted by Crippen LogP contribution is -2.23. The van der Waals surface area contributed by atoms with Gasteiger partial charge in [-0.3, -0.25) is 9.59 Å². The Morgan fingerprint density at radius 2 is 1.57 bits per heavy atom. The van der Waals surface area contributed by atoms with Crippen molar-refractivity contribution >= 4 is 11.9 Å². The SMILES string of the molecule is CC(=O)O[C@H](C)OC(=O)C(C)c1ccc(CC(C)C)cc1. The first-order valence-corrected chi connectivity index (χ1v) is 7.26. The van der Waals surface area contributed by atoms with Crippen LogP contribution >= 0.6 is 0 Å². The summed E-state index contributed by atoms with van der Waals surface area (Å²) in [6.45, 7) is 8.92. The first-order chi connectivity index (χ1) is 9.79. The summed E-state index contributed by atoms with van der Waals surface area (Å²) in [5.74, 6) is -0.666. The fourth-order valence-electron chi connectivity index (χ4n) is 2.07. The first kappa shape index (κ1) is 17.2. The van der Waals surface area contributed by atoms with Gasteiger partial charge in [0.05, 0.1) is 5.92 Å². The molecule has 0 aliphatic carbocycles. The molecule has 0 aliphatic rings. The number of carbonyl (C=O) groups excluding carboxylic acids is 2. The first-order valence-electron chi connectivity index (χ1n) is 7.26. The van der Waals surface area contributed by atoms with Gasteiger partial charge in [-0.1, -0.05) is 38.1 Å². The van der Waals surface area contributed by atoms with Crippen molar-refractivity contribution in [1.29, 1.82) is 0 Å². The predicted octanol–water partition coefficient (Wildman–Crippen LogP) is 3.44. The number of ether oxygens (including phenoxy) is 2. The molecule has 1 aromatic rings. The number of hydrogen-bond donors (Lipinski definition) is 0. The van der Waals surface area contributed by atoms with Crippen molar-refractivity contribution in [2.24, 2.45) is 5.92 Å². The Hall–Kier alpha value is -1.84. The van der Waals surface area contributed by atoms with E-state index in [2.05, 4.69) is 13.8 Å². The molecule has 0 radical (unpaired) electrons. The molecule has 2 atom stereocenters. The molecule has 1 unspecified atom stereocenters. The number of benzene rings is 1. The molecule has 0 amide bonds. The molecule has 21 heavy (non-hydrogen) atoms. The normalized spacial score (nSPS) is 13.6. The van der Waals surface area contributed by atoms with Crippen LogP contribution in [0.1, 0.15) is 51.7 Å². The van der Waals surface area contributed by atoms with Crippen LogP contribution in [0.5, 0.6) is 0 Å².